The van der Waals surface area contributed by atoms with E-state index < -0.39 is 11.1 Å². The molecule has 1 amide bonds. The van der Waals surface area contributed by atoms with E-state index >= 15 is 0 Å². The van der Waals surface area contributed by atoms with E-state index in [0.29, 0.717) is 19.5 Å². The first-order valence-corrected chi connectivity index (χ1v) is 7.29. The summed E-state index contributed by atoms with van der Waals surface area (Å²) in [4.78, 5) is 14.1. The third-order valence-corrected chi connectivity index (χ3v) is 3.82. The molecule has 0 aliphatic carbocycles. The van der Waals surface area contributed by atoms with Gasteiger partial charge in [0.25, 0.3) is 0 Å². The Kier molecular flexibility index (Phi) is 4.14. The van der Waals surface area contributed by atoms with Crippen molar-refractivity contribution in [2.45, 2.75) is 44.8 Å². The first kappa shape index (κ1) is 15.6. The molecule has 1 heterocycles. The summed E-state index contributed by atoms with van der Waals surface area (Å²) in [6, 6.07) is 7.03. The van der Waals surface area contributed by atoms with E-state index in [4.69, 9.17) is 10.5 Å². The molecule has 1 aliphatic rings. The Balaban J connectivity index is 2.29. The summed E-state index contributed by atoms with van der Waals surface area (Å²) in [5.74, 6) is 0.194. The van der Waals surface area contributed by atoms with Gasteiger partial charge < -0.3 is 15.6 Å². The number of nitrogens with zero attached hydrogens (tertiary/aromatic N) is 1. The number of hydrogen-bond acceptors (Lipinski definition) is 4. The molecule has 0 saturated carbocycles. The first-order chi connectivity index (χ1) is 9.78. The van der Waals surface area contributed by atoms with Gasteiger partial charge in [-0.1, -0.05) is 12.1 Å². The lowest BCUT2D eigenvalue weighted by Gasteiger charge is -2.53. The van der Waals surface area contributed by atoms with Crippen molar-refractivity contribution in [3.63, 3.8) is 0 Å². The maximum absolute atomic E-state index is 12.4. The molecule has 5 heteroatoms. The van der Waals surface area contributed by atoms with Crippen molar-refractivity contribution in [3.05, 3.63) is 29.8 Å². The third-order valence-electron chi connectivity index (χ3n) is 3.82. The molecule has 1 aromatic carbocycles. The largest absolute Gasteiger partial charge is 0.508 e. The Morgan fingerprint density at radius 2 is 2.19 bits per heavy atom. The number of rotatable bonds is 3. The third kappa shape index (κ3) is 3.13. The normalized spacial score (nSPS) is 21.8. The smallest absolute Gasteiger partial charge is 0.411 e. The lowest BCUT2D eigenvalue weighted by molar-refractivity contribution is -0.0505. The highest BCUT2D eigenvalue weighted by Crippen LogP contribution is 2.44. The Labute approximate surface area is 125 Å². The molecular weight excluding hydrogens is 268 g/mol. The van der Waals surface area contributed by atoms with Crippen molar-refractivity contribution in [1.82, 2.24) is 4.90 Å². The lowest BCUT2D eigenvalue weighted by Crippen LogP contribution is -2.61. The zero-order valence-corrected chi connectivity index (χ0v) is 12.9. The van der Waals surface area contributed by atoms with E-state index in [9.17, 15) is 9.90 Å². The highest BCUT2D eigenvalue weighted by atomic mass is 16.6. The van der Waals surface area contributed by atoms with Crippen LogP contribution in [0.3, 0.4) is 0 Å². The predicted molar refractivity (Wildman–Crippen MR) is 81.0 cm³/mol. The van der Waals surface area contributed by atoms with E-state index in [0.717, 1.165) is 12.0 Å². The van der Waals surface area contributed by atoms with Gasteiger partial charge in [-0.25, -0.2) is 4.79 Å². The van der Waals surface area contributed by atoms with Gasteiger partial charge in [-0.15, -0.1) is 0 Å². The molecule has 3 N–H and O–H groups in total. The lowest BCUT2D eigenvalue weighted by atomic mass is 9.76. The number of carbonyl (C=O) groups excluding carboxylic acids is 1. The molecule has 0 spiro atoms. The van der Waals surface area contributed by atoms with Gasteiger partial charge in [-0.2, -0.15) is 0 Å². The summed E-state index contributed by atoms with van der Waals surface area (Å²) in [5.41, 5.74) is 5.66. The molecule has 1 atom stereocenters. The van der Waals surface area contributed by atoms with E-state index in [1.807, 2.05) is 26.8 Å². The SMILES string of the molecule is CC(C)(C)OC(=O)N1CCC1(CCN)c1cccc(O)c1. The molecule has 0 radical (unpaired) electrons. The maximum atomic E-state index is 12.4. The molecule has 2 rings (SSSR count). The molecule has 5 nitrogen and oxygen atoms in total. The number of phenols is 1. The predicted octanol–water partition coefficient (Wildman–Crippen LogP) is 2.58. The monoisotopic (exact) mass is 292 g/mol. The van der Waals surface area contributed by atoms with Gasteiger partial charge in [0.05, 0.1) is 5.54 Å². The minimum Gasteiger partial charge on any atom is -0.508 e. The van der Waals surface area contributed by atoms with Crippen LogP contribution >= 0.6 is 0 Å². The van der Waals surface area contributed by atoms with E-state index in [1.165, 1.54) is 0 Å². The van der Waals surface area contributed by atoms with Gasteiger partial charge >= 0.3 is 6.09 Å². The van der Waals surface area contributed by atoms with Crippen molar-refractivity contribution < 1.29 is 14.6 Å². The van der Waals surface area contributed by atoms with E-state index in [1.54, 1.807) is 23.1 Å². The second-order valence-electron chi connectivity index (χ2n) is 6.50. The molecule has 116 valence electrons. The number of aromatic hydroxyl groups is 1. The standard InChI is InChI=1S/C16H24N2O3/c1-15(2,3)21-14(20)18-10-8-16(18,7-9-17)12-5-4-6-13(19)11-12/h4-6,11,19H,7-10,17H2,1-3H3. The Morgan fingerprint density at radius 3 is 2.67 bits per heavy atom. The van der Waals surface area contributed by atoms with Gasteiger partial charge in [0, 0.05) is 6.54 Å². The number of amides is 1. The first-order valence-electron chi connectivity index (χ1n) is 7.29. The average Bonchev–Trinajstić information content (AvgIpc) is 2.32. The van der Waals surface area contributed by atoms with Crippen molar-refractivity contribution in [2.75, 3.05) is 13.1 Å². The van der Waals surface area contributed by atoms with Gasteiger partial charge in [0.15, 0.2) is 0 Å². The van der Waals surface area contributed by atoms with Crippen LogP contribution in [0.2, 0.25) is 0 Å². The fourth-order valence-electron chi connectivity index (χ4n) is 2.82. The van der Waals surface area contributed by atoms with E-state index in [2.05, 4.69) is 0 Å². The number of benzene rings is 1. The van der Waals surface area contributed by atoms with Crippen molar-refractivity contribution in [2.24, 2.45) is 5.73 Å². The molecular formula is C16H24N2O3. The molecule has 0 bridgehead atoms. The van der Waals surface area contributed by atoms with Crippen molar-refractivity contribution in [1.29, 1.82) is 0 Å². The minimum atomic E-state index is -0.528. The number of hydrogen-bond donors (Lipinski definition) is 2. The number of ether oxygens (including phenoxy) is 1. The number of likely N-dealkylation sites (tertiary alicyclic amines) is 1. The second kappa shape index (κ2) is 5.56. The summed E-state index contributed by atoms with van der Waals surface area (Å²) < 4.78 is 5.48. The summed E-state index contributed by atoms with van der Waals surface area (Å²) in [5, 5.41) is 9.71. The zero-order valence-electron chi connectivity index (χ0n) is 12.9. The van der Waals surface area contributed by atoms with Gasteiger partial charge in [0.2, 0.25) is 0 Å². The fourth-order valence-corrected chi connectivity index (χ4v) is 2.82. The zero-order chi connectivity index (χ0) is 15.7. The minimum absolute atomic E-state index is 0.194. The Bertz CT molecular complexity index is 524. The quantitative estimate of drug-likeness (QED) is 0.897. The molecule has 21 heavy (non-hydrogen) atoms. The Morgan fingerprint density at radius 1 is 1.48 bits per heavy atom. The average molecular weight is 292 g/mol. The highest BCUT2D eigenvalue weighted by Gasteiger charge is 2.49. The molecule has 1 fully saturated rings. The van der Waals surface area contributed by atoms with Crippen LogP contribution in [-0.4, -0.2) is 34.8 Å². The van der Waals surface area contributed by atoms with Crippen LogP contribution in [0, 0.1) is 0 Å². The molecule has 1 unspecified atom stereocenters. The summed E-state index contributed by atoms with van der Waals surface area (Å²) >= 11 is 0. The van der Waals surface area contributed by atoms with Crippen molar-refractivity contribution >= 4 is 6.09 Å². The van der Waals surface area contributed by atoms with E-state index in [-0.39, 0.29) is 11.8 Å². The summed E-state index contributed by atoms with van der Waals surface area (Å²) in [6.45, 7) is 6.66. The molecule has 1 aliphatic heterocycles. The van der Waals surface area contributed by atoms with Crippen LogP contribution < -0.4 is 5.73 Å². The Hall–Kier alpha value is -1.75. The highest BCUT2D eigenvalue weighted by molar-refractivity contribution is 5.71. The molecule has 1 aromatic rings. The van der Waals surface area contributed by atoms with Crippen LogP contribution in [0.15, 0.2) is 24.3 Å². The van der Waals surface area contributed by atoms with Crippen LogP contribution in [-0.2, 0) is 10.3 Å². The fraction of sp³-hybridized carbons (Fsp3) is 0.562. The van der Waals surface area contributed by atoms with Crippen LogP contribution in [0.1, 0.15) is 39.2 Å². The summed E-state index contributed by atoms with van der Waals surface area (Å²) in [6.07, 6.45) is 1.15. The number of carbonyl (C=O) groups is 1. The van der Waals surface area contributed by atoms with Crippen LogP contribution in [0.5, 0.6) is 5.75 Å². The van der Waals surface area contributed by atoms with Crippen LogP contribution in [0.4, 0.5) is 4.79 Å². The summed E-state index contributed by atoms with van der Waals surface area (Å²) in [7, 11) is 0. The van der Waals surface area contributed by atoms with Crippen LogP contribution in [0.25, 0.3) is 0 Å². The molecule has 0 aromatic heterocycles. The van der Waals surface area contributed by atoms with Gasteiger partial charge in [0.1, 0.15) is 11.4 Å². The second-order valence-corrected chi connectivity index (χ2v) is 6.50. The number of nitrogens with two attached hydrogens (primary N) is 1. The number of phenolic OH excluding ortho intramolecular Hbond substituents is 1. The van der Waals surface area contributed by atoms with Gasteiger partial charge in [-0.05, 0) is 57.9 Å². The topological polar surface area (TPSA) is 75.8 Å². The molecule has 1 saturated heterocycles. The van der Waals surface area contributed by atoms with Gasteiger partial charge in [-0.3, -0.25) is 4.90 Å². The van der Waals surface area contributed by atoms with Crippen molar-refractivity contribution in [3.8, 4) is 5.75 Å². The maximum Gasteiger partial charge on any atom is 0.411 e.